The highest BCUT2D eigenvalue weighted by Crippen LogP contribution is 2.38. The Morgan fingerprint density at radius 2 is 1.49 bits per heavy atom. The second kappa shape index (κ2) is 16.4. The van der Waals surface area contributed by atoms with Gasteiger partial charge in [-0.25, -0.2) is 8.42 Å². The number of nitrogens with zero attached hydrogens (tertiary/aromatic N) is 2. The van der Waals surface area contributed by atoms with Crippen molar-refractivity contribution in [1.82, 2.24) is 10.2 Å². The number of amides is 2. The highest BCUT2D eigenvalue weighted by Gasteiger charge is 2.36. The van der Waals surface area contributed by atoms with Gasteiger partial charge in [0.2, 0.25) is 11.8 Å². The average Bonchev–Trinajstić information content (AvgIpc) is 3.10. The molecule has 0 unspecified atom stereocenters. The van der Waals surface area contributed by atoms with Crippen LogP contribution in [0, 0.1) is 0 Å². The summed E-state index contributed by atoms with van der Waals surface area (Å²) in [5.74, 6) is 0.301. The van der Waals surface area contributed by atoms with Crippen molar-refractivity contribution in [1.29, 1.82) is 0 Å². The number of methoxy groups -OCH3 is 4. The summed E-state index contributed by atoms with van der Waals surface area (Å²) < 4.78 is 51.7. The lowest BCUT2D eigenvalue weighted by Crippen LogP contribution is -2.54. The van der Waals surface area contributed by atoms with Crippen LogP contribution in [-0.4, -0.2) is 72.2 Å². The van der Waals surface area contributed by atoms with Gasteiger partial charge in [0.1, 0.15) is 24.1 Å². The van der Waals surface area contributed by atoms with Crippen LogP contribution < -0.4 is 28.6 Å². The van der Waals surface area contributed by atoms with E-state index in [9.17, 15) is 18.0 Å². The molecule has 1 aliphatic carbocycles. The number of ether oxygens (including phenoxy) is 4. The zero-order valence-electron chi connectivity index (χ0n) is 27.7. The first-order chi connectivity index (χ1) is 22.7. The molecule has 0 spiro atoms. The molecule has 254 valence electrons. The van der Waals surface area contributed by atoms with E-state index in [-0.39, 0.29) is 40.6 Å². The van der Waals surface area contributed by atoms with Crippen LogP contribution in [0.1, 0.15) is 51.0 Å². The van der Waals surface area contributed by atoms with E-state index in [1.54, 1.807) is 12.1 Å². The summed E-state index contributed by atoms with van der Waals surface area (Å²) in [5.41, 5.74) is 0.896. The molecule has 0 aliphatic heterocycles. The lowest BCUT2D eigenvalue weighted by molar-refractivity contribution is -0.140. The summed E-state index contributed by atoms with van der Waals surface area (Å²) in [4.78, 5) is 29.6. The molecule has 0 saturated heterocycles. The Balaban J connectivity index is 1.80. The van der Waals surface area contributed by atoms with Crippen molar-refractivity contribution < 1.29 is 37.0 Å². The fourth-order valence-electron chi connectivity index (χ4n) is 5.85. The number of benzene rings is 3. The number of hydrogen-bond acceptors (Lipinski definition) is 8. The van der Waals surface area contributed by atoms with E-state index < -0.39 is 28.5 Å². The summed E-state index contributed by atoms with van der Waals surface area (Å²) in [5, 5.41) is 3.16. The third-order valence-electron chi connectivity index (χ3n) is 8.41. The summed E-state index contributed by atoms with van der Waals surface area (Å²) >= 11 is 0. The first-order valence-corrected chi connectivity index (χ1v) is 17.2. The molecule has 11 nitrogen and oxygen atoms in total. The molecule has 2 amide bonds. The Hall–Kier alpha value is -4.45. The van der Waals surface area contributed by atoms with Crippen LogP contribution in [0.15, 0.2) is 71.6 Å². The van der Waals surface area contributed by atoms with Crippen molar-refractivity contribution >= 4 is 27.5 Å². The van der Waals surface area contributed by atoms with Crippen LogP contribution in [0.4, 0.5) is 5.69 Å². The van der Waals surface area contributed by atoms with Crippen molar-refractivity contribution in [3.8, 4) is 23.0 Å². The molecule has 12 heteroatoms. The Morgan fingerprint density at radius 3 is 2.11 bits per heavy atom. The molecule has 47 heavy (non-hydrogen) atoms. The molecule has 3 aromatic rings. The Bertz CT molecular complexity index is 1610. The van der Waals surface area contributed by atoms with Crippen LogP contribution in [0.3, 0.4) is 0 Å². The standard InChI is InChI=1S/C35H45N3O8S/c1-6-29(35(40)36-26-15-11-8-12-16-26)37(23-25-13-9-7-10-14-25)34(39)24-38(30-21-27(43-2)17-19-31(30)44-3)47(41,42)28-18-20-32(45-4)33(22-28)46-5/h7,9-10,13-14,17-22,26,29H,6,8,11-12,15-16,23-24H2,1-5H3,(H,36,40)/t29-/m1/s1. The molecule has 4 rings (SSSR count). The van der Waals surface area contributed by atoms with Crippen molar-refractivity contribution in [2.45, 2.75) is 69.0 Å². The minimum Gasteiger partial charge on any atom is -0.497 e. The van der Waals surface area contributed by atoms with Gasteiger partial charge in [0.25, 0.3) is 10.0 Å². The van der Waals surface area contributed by atoms with Gasteiger partial charge in [0.15, 0.2) is 11.5 Å². The molecule has 0 heterocycles. The zero-order valence-corrected chi connectivity index (χ0v) is 28.5. The molecular weight excluding hydrogens is 622 g/mol. The predicted molar refractivity (Wildman–Crippen MR) is 180 cm³/mol. The molecule has 1 aliphatic rings. The molecule has 0 bridgehead atoms. The van der Waals surface area contributed by atoms with Gasteiger partial charge in [-0.2, -0.15) is 0 Å². The van der Waals surface area contributed by atoms with Crippen molar-refractivity contribution in [3.63, 3.8) is 0 Å². The summed E-state index contributed by atoms with van der Waals surface area (Å²) in [6.45, 7) is 1.33. The third kappa shape index (κ3) is 8.48. The minimum atomic E-state index is -4.43. The topological polar surface area (TPSA) is 124 Å². The average molecular weight is 668 g/mol. The lowest BCUT2D eigenvalue weighted by atomic mass is 9.95. The van der Waals surface area contributed by atoms with Crippen LogP contribution in [-0.2, 0) is 26.2 Å². The Morgan fingerprint density at radius 1 is 0.830 bits per heavy atom. The maximum atomic E-state index is 14.5. The van der Waals surface area contributed by atoms with Gasteiger partial charge in [-0.3, -0.25) is 13.9 Å². The van der Waals surface area contributed by atoms with Crippen LogP contribution in [0.2, 0.25) is 0 Å². The van der Waals surface area contributed by atoms with Crippen LogP contribution >= 0.6 is 0 Å². The van der Waals surface area contributed by atoms with Gasteiger partial charge in [0.05, 0.1) is 39.0 Å². The number of nitrogens with one attached hydrogen (secondary N) is 1. The minimum absolute atomic E-state index is 0.0435. The maximum Gasteiger partial charge on any atom is 0.265 e. The molecule has 0 aromatic heterocycles. The summed E-state index contributed by atoms with van der Waals surface area (Å²) in [7, 11) is 1.30. The fourth-order valence-corrected chi connectivity index (χ4v) is 7.29. The van der Waals surface area contributed by atoms with E-state index in [0.717, 1.165) is 42.0 Å². The van der Waals surface area contributed by atoms with Gasteiger partial charge in [0, 0.05) is 24.7 Å². The number of carbonyl (C=O) groups excluding carboxylic acids is 2. The maximum absolute atomic E-state index is 14.5. The molecule has 0 radical (unpaired) electrons. The number of anilines is 1. The molecule has 1 atom stereocenters. The van der Waals surface area contributed by atoms with E-state index in [1.165, 1.54) is 57.6 Å². The van der Waals surface area contributed by atoms with Gasteiger partial charge < -0.3 is 29.2 Å². The predicted octanol–water partition coefficient (Wildman–Crippen LogP) is 5.17. The number of carbonyl (C=O) groups is 2. The molecular formula is C35H45N3O8S. The second-order valence-electron chi connectivity index (χ2n) is 11.3. The number of hydrogen-bond donors (Lipinski definition) is 1. The number of sulfonamides is 1. The van der Waals surface area contributed by atoms with Gasteiger partial charge in [-0.15, -0.1) is 0 Å². The van der Waals surface area contributed by atoms with Crippen LogP contribution in [0.25, 0.3) is 0 Å². The highest BCUT2D eigenvalue weighted by molar-refractivity contribution is 7.92. The van der Waals surface area contributed by atoms with E-state index >= 15 is 0 Å². The molecule has 1 saturated carbocycles. The van der Waals surface area contributed by atoms with Crippen molar-refractivity contribution in [2.24, 2.45) is 0 Å². The fraction of sp³-hybridized carbons (Fsp3) is 0.429. The van der Waals surface area contributed by atoms with Crippen molar-refractivity contribution in [3.05, 3.63) is 72.3 Å². The van der Waals surface area contributed by atoms with E-state index in [4.69, 9.17) is 18.9 Å². The third-order valence-corrected chi connectivity index (χ3v) is 10.2. The normalized spacial score (nSPS) is 14.1. The van der Waals surface area contributed by atoms with Gasteiger partial charge >= 0.3 is 0 Å². The first kappa shape index (κ1) is 35.4. The summed E-state index contributed by atoms with van der Waals surface area (Å²) in [6.07, 6.45) is 5.34. The van der Waals surface area contributed by atoms with Crippen LogP contribution in [0.5, 0.6) is 23.0 Å². The summed E-state index contributed by atoms with van der Waals surface area (Å²) in [6, 6.07) is 17.5. The Labute approximate surface area is 277 Å². The van der Waals surface area contributed by atoms with E-state index in [0.29, 0.717) is 17.9 Å². The highest BCUT2D eigenvalue weighted by atomic mass is 32.2. The first-order valence-electron chi connectivity index (χ1n) is 15.8. The quantitative estimate of drug-likeness (QED) is 0.236. The second-order valence-corrected chi connectivity index (χ2v) is 13.2. The zero-order chi connectivity index (χ0) is 34.0. The molecule has 3 aromatic carbocycles. The largest absolute Gasteiger partial charge is 0.497 e. The number of rotatable bonds is 15. The van der Waals surface area contributed by atoms with Crippen molar-refractivity contribution in [2.75, 3.05) is 39.3 Å². The van der Waals surface area contributed by atoms with E-state index in [2.05, 4.69) is 5.32 Å². The molecule has 1 fully saturated rings. The SMILES string of the molecule is CC[C@H](C(=O)NC1CCCCC1)N(Cc1ccccc1)C(=O)CN(c1cc(OC)ccc1OC)S(=O)(=O)c1ccc(OC)c(OC)c1. The monoisotopic (exact) mass is 667 g/mol. The van der Waals surface area contributed by atoms with Gasteiger partial charge in [-0.1, -0.05) is 56.5 Å². The van der Waals surface area contributed by atoms with Gasteiger partial charge in [-0.05, 0) is 49.1 Å². The smallest absolute Gasteiger partial charge is 0.265 e. The van der Waals surface area contributed by atoms with E-state index in [1.807, 2.05) is 37.3 Å². The Kier molecular flexibility index (Phi) is 12.4. The molecule has 1 N–H and O–H groups in total. The lowest BCUT2D eigenvalue weighted by Gasteiger charge is -2.34.